The van der Waals surface area contributed by atoms with Crippen molar-refractivity contribution < 1.29 is 9.90 Å². The molecule has 2 N–H and O–H groups in total. The summed E-state index contributed by atoms with van der Waals surface area (Å²) in [5.74, 6) is 0.399. The number of carbonyl (C=O) groups excluding carboxylic acids is 1. The van der Waals surface area contributed by atoms with Gasteiger partial charge in [0.05, 0.1) is 22.1 Å². The van der Waals surface area contributed by atoms with Crippen LogP contribution < -0.4 is 5.32 Å². The van der Waals surface area contributed by atoms with Gasteiger partial charge in [0, 0.05) is 6.54 Å². The average Bonchev–Trinajstić information content (AvgIpc) is 2.41. The van der Waals surface area contributed by atoms with Crippen LogP contribution in [-0.2, 0) is 11.2 Å². The molecule has 21 heavy (non-hydrogen) atoms. The van der Waals surface area contributed by atoms with Crippen molar-refractivity contribution in [3.05, 3.63) is 33.8 Å². The molecule has 0 aliphatic heterocycles. The van der Waals surface area contributed by atoms with E-state index in [2.05, 4.69) is 12.2 Å². The number of nitrogens with one attached hydrogen (secondary N) is 1. The molecule has 1 saturated carbocycles. The minimum absolute atomic E-state index is 0.111. The van der Waals surface area contributed by atoms with E-state index in [0.717, 1.165) is 31.2 Å². The van der Waals surface area contributed by atoms with Crippen LogP contribution in [0, 0.1) is 5.92 Å². The second kappa shape index (κ2) is 6.99. The number of amides is 1. The molecule has 2 atom stereocenters. The Morgan fingerprint density at radius 3 is 2.86 bits per heavy atom. The van der Waals surface area contributed by atoms with Crippen molar-refractivity contribution in [3.8, 4) is 0 Å². The minimum Gasteiger partial charge on any atom is -0.388 e. The molecule has 0 radical (unpaired) electrons. The molecule has 2 unspecified atom stereocenters. The number of aliphatic hydroxyl groups is 1. The molecule has 1 aliphatic rings. The van der Waals surface area contributed by atoms with Crippen molar-refractivity contribution in [2.75, 3.05) is 6.54 Å². The topological polar surface area (TPSA) is 49.3 Å². The molecule has 1 aliphatic carbocycles. The number of benzene rings is 1. The van der Waals surface area contributed by atoms with Gasteiger partial charge in [0.25, 0.3) is 0 Å². The van der Waals surface area contributed by atoms with Gasteiger partial charge in [0.1, 0.15) is 0 Å². The van der Waals surface area contributed by atoms with Gasteiger partial charge >= 0.3 is 0 Å². The summed E-state index contributed by atoms with van der Waals surface area (Å²) in [5, 5.41) is 14.2. The molecule has 0 bridgehead atoms. The standard InChI is InChI=1S/C16H21Cl2NO2/c1-11-3-2-6-16(21,9-11)10-19-15(20)8-12-4-5-13(17)14(18)7-12/h4-5,7,11,21H,2-3,6,8-10H2,1H3,(H,19,20). The number of rotatable bonds is 4. The molecule has 3 nitrogen and oxygen atoms in total. The Labute approximate surface area is 135 Å². The summed E-state index contributed by atoms with van der Waals surface area (Å²) in [7, 11) is 0. The number of hydrogen-bond donors (Lipinski definition) is 2. The highest BCUT2D eigenvalue weighted by Gasteiger charge is 2.32. The summed E-state index contributed by atoms with van der Waals surface area (Å²) < 4.78 is 0. The zero-order chi connectivity index (χ0) is 15.5. The average molecular weight is 330 g/mol. The predicted octanol–water partition coefficient (Wildman–Crippen LogP) is 3.59. The second-order valence-electron chi connectivity index (χ2n) is 6.13. The Morgan fingerprint density at radius 2 is 2.19 bits per heavy atom. The summed E-state index contributed by atoms with van der Waals surface area (Å²) >= 11 is 11.8. The summed E-state index contributed by atoms with van der Waals surface area (Å²) in [6, 6.07) is 5.16. The zero-order valence-electron chi connectivity index (χ0n) is 12.2. The third-order valence-corrected chi connectivity index (χ3v) is 4.77. The summed E-state index contributed by atoms with van der Waals surface area (Å²) in [5.41, 5.74) is 0.0521. The molecule has 0 heterocycles. The second-order valence-corrected chi connectivity index (χ2v) is 6.94. The van der Waals surface area contributed by atoms with E-state index < -0.39 is 5.60 Å². The first-order valence-electron chi connectivity index (χ1n) is 7.31. The predicted molar refractivity (Wildman–Crippen MR) is 85.8 cm³/mol. The van der Waals surface area contributed by atoms with E-state index in [9.17, 15) is 9.90 Å². The van der Waals surface area contributed by atoms with Crippen LogP contribution in [0.4, 0.5) is 0 Å². The summed E-state index contributed by atoms with van der Waals surface area (Å²) in [6.07, 6.45) is 3.91. The molecular weight excluding hydrogens is 309 g/mol. The first-order chi connectivity index (χ1) is 9.88. The van der Waals surface area contributed by atoms with E-state index in [1.54, 1.807) is 18.2 Å². The van der Waals surface area contributed by atoms with Crippen molar-refractivity contribution in [1.82, 2.24) is 5.32 Å². The highest BCUT2D eigenvalue weighted by atomic mass is 35.5. The quantitative estimate of drug-likeness (QED) is 0.886. The zero-order valence-corrected chi connectivity index (χ0v) is 13.7. The fraction of sp³-hybridized carbons (Fsp3) is 0.562. The minimum atomic E-state index is -0.759. The van der Waals surface area contributed by atoms with Crippen molar-refractivity contribution in [2.24, 2.45) is 5.92 Å². The van der Waals surface area contributed by atoms with Crippen LogP contribution in [0.5, 0.6) is 0 Å². The lowest BCUT2D eigenvalue weighted by molar-refractivity contribution is -0.122. The Morgan fingerprint density at radius 1 is 1.43 bits per heavy atom. The molecule has 1 amide bonds. The van der Waals surface area contributed by atoms with E-state index in [1.807, 2.05) is 0 Å². The summed E-state index contributed by atoms with van der Waals surface area (Å²) in [4.78, 5) is 12.0. The Bertz CT molecular complexity index is 521. The van der Waals surface area contributed by atoms with Crippen LogP contribution in [0.25, 0.3) is 0 Å². The Hall–Kier alpha value is -0.770. The maximum atomic E-state index is 12.0. The molecule has 1 fully saturated rings. The van der Waals surface area contributed by atoms with Gasteiger partial charge in [-0.1, -0.05) is 49.0 Å². The lowest BCUT2D eigenvalue weighted by Crippen LogP contribution is -2.46. The number of hydrogen-bond acceptors (Lipinski definition) is 2. The molecule has 0 saturated heterocycles. The van der Waals surface area contributed by atoms with Crippen LogP contribution >= 0.6 is 23.2 Å². The Kier molecular flexibility index (Phi) is 5.53. The van der Waals surface area contributed by atoms with E-state index in [1.165, 1.54) is 0 Å². The first-order valence-corrected chi connectivity index (χ1v) is 8.06. The van der Waals surface area contributed by atoms with Gasteiger partial charge < -0.3 is 10.4 Å². The van der Waals surface area contributed by atoms with E-state index in [-0.39, 0.29) is 12.3 Å². The molecule has 116 valence electrons. The van der Waals surface area contributed by atoms with Gasteiger partial charge in [-0.3, -0.25) is 4.79 Å². The third-order valence-electron chi connectivity index (χ3n) is 4.03. The smallest absolute Gasteiger partial charge is 0.224 e. The fourth-order valence-corrected chi connectivity index (χ4v) is 3.27. The molecule has 1 aromatic rings. The van der Waals surface area contributed by atoms with Crippen LogP contribution in [0.3, 0.4) is 0 Å². The van der Waals surface area contributed by atoms with Crippen LogP contribution in [0.2, 0.25) is 10.0 Å². The molecule has 0 spiro atoms. The van der Waals surface area contributed by atoms with Crippen molar-refractivity contribution >= 4 is 29.1 Å². The van der Waals surface area contributed by atoms with Crippen molar-refractivity contribution in [3.63, 3.8) is 0 Å². The van der Waals surface area contributed by atoms with Gasteiger partial charge in [0.2, 0.25) is 5.91 Å². The lowest BCUT2D eigenvalue weighted by Gasteiger charge is -2.35. The molecule has 2 rings (SSSR count). The van der Waals surface area contributed by atoms with Gasteiger partial charge in [-0.25, -0.2) is 0 Å². The SMILES string of the molecule is CC1CCCC(O)(CNC(=O)Cc2ccc(Cl)c(Cl)c2)C1. The van der Waals surface area contributed by atoms with Crippen molar-refractivity contribution in [2.45, 2.75) is 44.6 Å². The maximum absolute atomic E-state index is 12.0. The first kappa shape index (κ1) is 16.6. The monoisotopic (exact) mass is 329 g/mol. The number of halogens is 2. The maximum Gasteiger partial charge on any atom is 0.224 e. The van der Waals surface area contributed by atoms with Crippen molar-refractivity contribution in [1.29, 1.82) is 0 Å². The molecule has 0 aromatic heterocycles. The van der Waals surface area contributed by atoms with E-state index in [4.69, 9.17) is 23.2 Å². The third kappa shape index (κ3) is 4.87. The van der Waals surface area contributed by atoms with Crippen LogP contribution in [-0.4, -0.2) is 23.2 Å². The van der Waals surface area contributed by atoms with Gasteiger partial charge in [-0.15, -0.1) is 0 Å². The van der Waals surface area contributed by atoms with Gasteiger partial charge in [-0.2, -0.15) is 0 Å². The van der Waals surface area contributed by atoms with Crippen LogP contribution in [0.1, 0.15) is 38.2 Å². The van der Waals surface area contributed by atoms with Gasteiger partial charge in [-0.05, 0) is 36.5 Å². The fourth-order valence-electron chi connectivity index (χ4n) is 2.95. The molecular formula is C16H21Cl2NO2. The van der Waals surface area contributed by atoms with Gasteiger partial charge in [0.15, 0.2) is 0 Å². The van der Waals surface area contributed by atoms with E-state index in [0.29, 0.717) is 22.5 Å². The highest BCUT2D eigenvalue weighted by molar-refractivity contribution is 6.42. The number of carbonyl (C=O) groups is 1. The normalized spacial score (nSPS) is 25.6. The Balaban J connectivity index is 1.85. The largest absolute Gasteiger partial charge is 0.388 e. The molecule has 5 heteroatoms. The summed E-state index contributed by atoms with van der Waals surface area (Å²) in [6.45, 7) is 2.46. The highest BCUT2D eigenvalue weighted by Crippen LogP contribution is 2.31. The van der Waals surface area contributed by atoms with Crippen LogP contribution in [0.15, 0.2) is 18.2 Å². The lowest BCUT2D eigenvalue weighted by atomic mass is 9.79. The molecule has 1 aromatic carbocycles. The van der Waals surface area contributed by atoms with E-state index >= 15 is 0 Å².